The normalized spacial score (nSPS) is 14.4. The second-order valence-electron chi connectivity index (χ2n) is 7.89. The molecule has 0 aromatic heterocycles. The third-order valence-corrected chi connectivity index (χ3v) is 5.67. The zero-order chi connectivity index (χ0) is 22.9. The first kappa shape index (κ1) is 23.7. The number of carbonyl (C=O) groups excluding carboxylic acids is 2. The Morgan fingerprint density at radius 1 is 1.16 bits per heavy atom. The lowest BCUT2D eigenvalue weighted by Gasteiger charge is -2.37. The predicted molar refractivity (Wildman–Crippen MR) is 120 cm³/mol. The zero-order valence-corrected chi connectivity index (χ0v) is 18.3. The van der Waals surface area contributed by atoms with E-state index in [4.69, 9.17) is 9.84 Å². The summed E-state index contributed by atoms with van der Waals surface area (Å²) in [6.07, 6.45) is 2.47. The molecule has 1 fully saturated rings. The van der Waals surface area contributed by atoms with Crippen LogP contribution in [0.15, 0.2) is 48.5 Å². The number of carbonyl (C=O) groups is 2. The molecule has 0 atom stereocenters. The molecule has 0 radical (unpaired) electrons. The van der Waals surface area contributed by atoms with Gasteiger partial charge in [-0.3, -0.25) is 9.59 Å². The lowest BCUT2D eigenvalue weighted by molar-refractivity contribution is -0.118. The molecule has 2 N–H and O–H groups in total. The van der Waals surface area contributed by atoms with Gasteiger partial charge in [-0.2, -0.15) is 0 Å². The Kier molecular flexibility index (Phi) is 8.58. The fourth-order valence-corrected chi connectivity index (χ4v) is 3.84. The molecule has 3 rings (SSSR count). The van der Waals surface area contributed by atoms with Gasteiger partial charge >= 0.3 is 0 Å². The first-order chi connectivity index (χ1) is 15.5. The van der Waals surface area contributed by atoms with E-state index in [1.165, 1.54) is 12.1 Å². The van der Waals surface area contributed by atoms with E-state index in [1.54, 1.807) is 41.3 Å². The van der Waals surface area contributed by atoms with E-state index in [1.807, 2.05) is 7.05 Å². The first-order valence-corrected chi connectivity index (χ1v) is 10.9. The van der Waals surface area contributed by atoms with Crippen molar-refractivity contribution in [2.45, 2.75) is 25.3 Å². The molecular weight excluding hydrogens is 413 g/mol. The highest BCUT2D eigenvalue weighted by Crippen LogP contribution is 2.23. The number of nitrogens with one attached hydrogen (secondary N) is 1. The third kappa shape index (κ3) is 6.27. The van der Waals surface area contributed by atoms with E-state index in [0.29, 0.717) is 30.4 Å². The number of piperidine rings is 1. The highest BCUT2D eigenvalue weighted by molar-refractivity contribution is 5.97. The Morgan fingerprint density at radius 3 is 2.56 bits per heavy atom. The number of hydrogen-bond acceptors (Lipinski definition) is 5. The second kappa shape index (κ2) is 11.6. The van der Waals surface area contributed by atoms with E-state index in [2.05, 4.69) is 10.2 Å². The van der Waals surface area contributed by atoms with E-state index < -0.39 is 11.7 Å². The summed E-state index contributed by atoms with van der Waals surface area (Å²) in [6.45, 7) is 1.94. The number of halogens is 1. The number of ether oxygens (including phenoxy) is 1. The number of aliphatic hydroxyl groups is 1. The number of para-hydroxylation sites is 2. The Morgan fingerprint density at radius 2 is 1.84 bits per heavy atom. The molecule has 0 spiro atoms. The van der Waals surface area contributed by atoms with Crippen molar-refractivity contribution in [3.63, 3.8) is 0 Å². The van der Waals surface area contributed by atoms with Crippen molar-refractivity contribution < 1.29 is 23.8 Å². The van der Waals surface area contributed by atoms with Gasteiger partial charge in [-0.25, -0.2) is 4.39 Å². The molecule has 1 heterocycles. The molecule has 1 aliphatic rings. The van der Waals surface area contributed by atoms with Gasteiger partial charge < -0.3 is 25.0 Å². The van der Waals surface area contributed by atoms with Gasteiger partial charge in [-0.15, -0.1) is 0 Å². The van der Waals surface area contributed by atoms with Crippen LogP contribution in [0.2, 0.25) is 0 Å². The van der Waals surface area contributed by atoms with E-state index in [0.717, 1.165) is 25.8 Å². The third-order valence-electron chi connectivity index (χ3n) is 5.67. The fraction of sp³-hybridized carbons (Fsp3) is 0.417. The lowest BCUT2D eigenvalue weighted by atomic mass is 10.0. The number of anilines is 1. The standard InChI is InChI=1S/C24H30FN3O4/c1-27(13-6-16-29)18-11-14-28(15-12-18)24(31)19-7-2-5-10-22(19)32-17-23(30)26-21-9-4-3-8-20(21)25/h2-5,7-10,18,29H,6,11-17H2,1H3,(H,26,30). The minimum Gasteiger partial charge on any atom is -0.483 e. The van der Waals surface area contributed by atoms with Gasteiger partial charge in [0.25, 0.3) is 11.8 Å². The van der Waals surface area contributed by atoms with Crippen LogP contribution in [0.25, 0.3) is 0 Å². The van der Waals surface area contributed by atoms with E-state index in [9.17, 15) is 14.0 Å². The van der Waals surface area contributed by atoms with Gasteiger partial charge in [0, 0.05) is 32.3 Å². The molecule has 2 aromatic rings. The van der Waals surface area contributed by atoms with Crippen molar-refractivity contribution in [2.75, 3.05) is 45.2 Å². The lowest BCUT2D eigenvalue weighted by Crippen LogP contribution is -2.46. The molecule has 8 heteroatoms. The summed E-state index contributed by atoms with van der Waals surface area (Å²) in [5, 5.41) is 11.5. The van der Waals surface area contributed by atoms with Gasteiger partial charge in [0.2, 0.25) is 0 Å². The molecular formula is C24H30FN3O4. The highest BCUT2D eigenvalue weighted by Gasteiger charge is 2.27. The minimum absolute atomic E-state index is 0.0808. The highest BCUT2D eigenvalue weighted by atomic mass is 19.1. The summed E-state index contributed by atoms with van der Waals surface area (Å²) < 4.78 is 19.3. The molecule has 0 aliphatic carbocycles. The van der Waals surface area contributed by atoms with Gasteiger partial charge in [0.05, 0.1) is 11.3 Å². The SMILES string of the molecule is CN(CCCO)C1CCN(C(=O)c2ccccc2OCC(=O)Nc2ccccc2F)CC1. The molecule has 1 saturated heterocycles. The average Bonchev–Trinajstić information content (AvgIpc) is 2.82. The van der Waals surface area contributed by atoms with Crippen molar-refractivity contribution in [3.05, 3.63) is 59.9 Å². The van der Waals surface area contributed by atoms with Crippen LogP contribution in [-0.2, 0) is 4.79 Å². The van der Waals surface area contributed by atoms with Gasteiger partial charge in [0.15, 0.2) is 6.61 Å². The molecule has 0 bridgehead atoms. The molecule has 172 valence electrons. The molecule has 1 aliphatic heterocycles. The zero-order valence-electron chi connectivity index (χ0n) is 18.3. The number of likely N-dealkylation sites (tertiary alicyclic amines) is 1. The number of benzene rings is 2. The maximum Gasteiger partial charge on any atom is 0.262 e. The van der Waals surface area contributed by atoms with Crippen molar-refractivity contribution in [2.24, 2.45) is 0 Å². The summed E-state index contributed by atoms with van der Waals surface area (Å²) in [4.78, 5) is 29.3. The van der Waals surface area contributed by atoms with Crippen LogP contribution in [0.3, 0.4) is 0 Å². The number of nitrogens with zero attached hydrogens (tertiary/aromatic N) is 2. The summed E-state index contributed by atoms with van der Waals surface area (Å²) >= 11 is 0. The molecule has 7 nitrogen and oxygen atoms in total. The Balaban J connectivity index is 1.56. The van der Waals surface area contributed by atoms with Gasteiger partial charge in [0.1, 0.15) is 11.6 Å². The second-order valence-corrected chi connectivity index (χ2v) is 7.89. The molecule has 2 amide bonds. The summed E-state index contributed by atoms with van der Waals surface area (Å²) in [5.74, 6) is -0.846. The fourth-order valence-electron chi connectivity index (χ4n) is 3.84. The summed E-state index contributed by atoms with van der Waals surface area (Å²) in [5.41, 5.74) is 0.482. The predicted octanol–water partition coefficient (Wildman–Crippen LogP) is 2.76. The summed E-state index contributed by atoms with van der Waals surface area (Å²) in [6, 6.07) is 13.1. The minimum atomic E-state index is -0.526. The Hall–Kier alpha value is -2.97. The molecule has 0 unspecified atom stereocenters. The monoisotopic (exact) mass is 443 g/mol. The van der Waals surface area contributed by atoms with Gasteiger partial charge in [-0.05, 0) is 50.6 Å². The van der Waals surface area contributed by atoms with E-state index >= 15 is 0 Å². The quantitative estimate of drug-likeness (QED) is 0.623. The van der Waals surface area contributed by atoms with Crippen LogP contribution >= 0.6 is 0 Å². The van der Waals surface area contributed by atoms with Gasteiger partial charge in [-0.1, -0.05) is 24.3 Å². The van der Waals surface area contributed by atoms with Crippen LogP contribution < -0.4 is 10.1 Å². The average molecular weight is 444 g/mol. The molecule has 2 aromatic carbocycles. The topological polar surface area (TPSA) is 82.1 Å². The molecule has 0 saturated carbocycles. The van der Waals surface area contributed by atoms with Crippen molar-refractivity contribution in [3.8, 4) is 5.75 Å². The smallest absolute Gasteiger partial charge is 0.262 e. The van der Waals surface area contributed by atoms with Crippen LogP contribution in [-0.4, -0.2) is 72.7 Å². The Bertz CT molecular complexity index is 916. The number of rotatable bonds is 9. The number of aliphatic hydroxyl groups excluding tert-OH is 1. The largest absolute Gasteiger partial charge is 0.483 e. The van der Waals surface area contributed by atoms with Crippen LogP contribution in [0, 0.1) is 5.82 Å². The Labute approximate surface area is 187 Å². The van der Waals surface area contributed by atoms with Crippen molar-refractivity contribution in [1.29, 1.82) is 0 Å². The van der Waals surface area contributed by atoms with Crippen LogP contribution in [0.4, 0.5) is 10.1 Å². The first-order valence-electron chi connectivity index (χ1n) is 10.9. The van der Waals surface area contributed by atoms with Crippen molar-refractivity contribution in [1.82, 2.24) is 9.80 Å². The molecule has 32 heavy (non-hydrogen) atoms. The van der Waals surface area contributed by atoms with Crippen LogP contribution in [0.1, 0.15) is 29.6 Å². The van der Waals surface area contributed by atoms with Crippen LogP contribution in [0.5, 0.6) is 5.75 Å². The van der Waals surface area contributed by atoms with E-state index in [-0.39, 0.29) is 24.8 Å². The maximum atomic E-state index is 13.7. The van der Waals surface area contributed by atoms with Crippen molar-refractivity contribution >= 4 is 17.5 Å². The maximum absolute atomic E-state index is 13.7. The summed E-state index contributed by atoms with van der Waals surface area (Å²) in [7, 11) is 2.05. The number of hydrogen-bond donors (Lipinski definition) is 2. The number of amides is 2.